The molecular weight excluding hydrogens is 365 g/mol. The maximum Gasteiger partial charge on any atom is 0.327 e. The van der Waals surface area contributed by atoms with Gasteiger partial charge in [-0.25, -0.2) is 9.18 Å². The zero-order valence-electron chi connectivity index (χ0n) is 15.1. The Hall–Kier alpha value is -3.81. The fourth-order valence-electron chi connectivity index (χ4n) is 3.22. The summed E-state index contributed by atoms with van der Waals surface area (Å²) in [6, 6.07) is 11.6. The number of nitrogens with one attached hydrogen (secondary N) is 3. The van der Waals surface area contributed by atoms with Crippen LogP contribution in [-0.4, -0.2) is 29.2 Å². The number of aromatic amines is 3. The van der Waals surface area contributed by atoms with E-state index in [1.165, 1.54) is 19.2 Å². The number of aromatic nitrogens is 3. The number of halogens is 1. The molecule has 0 amide bonds. The predicted octanol–water partition coefficient (Wildman–Crippen LogP) is 3.03. The highest BCUT2D eigenvalue weighted by atomic mass is 19.1. The molecule has 0 saturated carbocycles. The molecule has 0 atom stereocenters. The van der Waals surface area contributed by atoms with Crippen molar-refractivity contribution in [2.45, 2.75) is 0 Å². The minimum Gasteiger partial charge on any atom is -0.497 e. The van der Waals surface area contributed by atoms with Gasteiger partial charge >= 0.3 is 5.69 Å². The molecule has 0 aliphatic carbocycles. The molecule has 0 spiro atoms. The normalized spacial score (nSPS) is 11.0. The summed E-state index contributed by atoms with van der Waals surface area (Å²) < 4.78 is 24.4. The molecule has 142 valence electrons. The van der Waals surface area contributed by atoms with E-state index in [9.17, 15) is 14.0 Å². The van der Waals surface area contributed by atoms with Gasteiger partial charge in [-0.05, 0) is 35.9 Å². The third kappa shape index (κ3) is 2.84. The smallest absolute Gasteiger partial charge is 0.327 e. The van der Waals surface area contributed by atoms with Crippen LogP contribution in [0.15, 0.2) is 52.1 Å². The van der Waals surface area contributed by atoms with Gasteiger partial charge in [-0.2, -0.15) is 0 Å². The Balaban J connectivity index is 2.05. The summed E-state index contributed by atoms with van der Waals surface area (Å²) in [5.41, 5.74) is 1.32. The van der Waals surface area contributed by atoms with Crippen molar-refractivity contribution in [3.63, 3.8) is 0 Å². The third-order valence-corrected chi connectivity index (χ3v) is 4.51. The quantitative estimate of drug-likeness (QED) is 0.506. The molecule has 0 unspecified atom stereocenters. The van der Waals surface area contributed by atoms with Crippen molar-refractivity contribution in [3.05, 3.63) is 69.1 Å². The van der Waals surface area contributed by atoms with E-state index in [-0.39, 0.29) is 16.8 Å². The lowest BCUT2D eigenvalue weighted by Crippen LogP contribution is -2.21. The molecule has 4 aromatic rings. The second kappa shape index (κ2) is 6.73. The zero-order valence-corrected chi connectivity index (χ0v) is 15.1. The van der Waals surface area contributed by atoms with Crippen molar-refractivity contribution in [1.29, 1.82) is 0 Å². The van der Waals surface area contributed by atoms with E-state index < -0.39 is 17.1 Å². The Morgan fingerprint density at radius 3 is 2.21 bits per heavy atom. The number of hydrogen-bond donors (Lipinski definition) is 3. The van der Waals surface area contributed by atoms with E-state index in [0.29, 0.717) is 28.1 Å². The molecule has 2 aromatic heterocycles. The number of rotatable bonds is 4. The van der Waals surface area contributed by atoms with Crippen LogP contribution in [0.3, 0.4) is 0 Å². The van der Waals surface area contributed by atoms with Crippen molar-refractivity contribution in [1.82, 2.24) is 15.0 Å². The average Bonchev–Trinajstić information content (AvgIpc) is 3.07. The first-order valence-electron chi connectivity index (χ1n) is 8.38. The standard InChI is InChI=1S/C20H16FN3O4/c1-27-12-6-3-10(4-7-12)15-16-18(23-20(26)24-19(16)25)22-17(15)11-5-8-14(28-2)13(21)9-11/h3-9H,1-2H3,(H3,22,23,24,25,26). The highest BCUT2D eigenvalue weighted by molar-refractivity contribution is 6.01. The number of fused-ring (bicyclic) bond motifs is 1. The fraction of sp³-hybridized carbons (Fsp3) is 0.100. The van der Waals surface area contributed by atoms with E-state index in [0.717, 1.165) is 0 Å². The first-order valence-corrected chi connectivity index (χ1v) is 8.38. The molecule has 2 heterocycles. The molecule has 4 rings (SSSR count). The summed E-state index contributed by atoms with van der Waals surface area (Å²) in [4.78, 5) is 32.1. The number of H-pyrrole nitrogens is 3. The third-order valence-electron chi connectivity index (χ3n) is 4.51. The van der Waals surface area contributed by atoms with Crippen LogP contribution in [0.2, 0.25) is 0 Å². The Morgan fingerprint density at radius 1 is 0.857 bits per heavy atom. The van der Waals surface area contributed by atoms with Gasteiger partial charge in [0.2, 0.25) is 0 Å². The minimum atomic E-state index is -0.632. The van der Waals surface area contributed by atoms with Crippen molar-refractivity contribution in [2.75, 3.05) is 14.2 Å². The predicted molar refractivity (Wildman–Crippen MR) is 103 cm³/mol. The maximum atomic E-state index is 14.3. The summed E-state index contributed by atoms with van der Waals surface area (Å²) in [5.74, 6) is 0.224. The van der Waals surface area contributed by atoms with Gasteiger partial charge in [0.15, 0.2) is 11.6 Å². The summed E-state index contributed by atoms with van der Waals surface area (Å²) in [5, 5.41) is 0.274. The largest absolute Gasteiger partial charge is 0.497 e. The van der Waals surface area contributed by atoms with Crippen molar-refractivity contribution in [3.8, 4) is 33.9 Å². The van der Waals surface area contributed by atoms with Gasteiger partial charge in [-0.15, -0.1) is 0 Å². The van der Waals surface area contributed by atoms with Crippen molar-refractivity contribution >= 4 is 11.0 Å². The SMILES string of the molecule is COc1ccc(-c2c(-c3ccc(OC)c(F)c3)[nH]c3[nH]c(=O)[nH]c(=O)c23)cc1. The Labute approximate surface area is 157 Å². The molecule has 7 nitrogen and oxygen atoms in total. The van der Waals surface area contributed by atoms with E-state index in [1.807, 2.05) is 0 Å². The van der Waals surface area contributed by atoms with Crippen LogP contribution in [0, 0.1) is 5.82 Å². The van der Waals surface area contributed by atoms with Gasteiger partial charge in [-0.3, -0.25) is 14.8 Å². The molecule has 0 bridgehead atoms. The zero-order chi connectivity index (χ0) is 19.8. The second-order valence-electron chi connectivity index (χ2n) is 6.11. The number of hydrogen-bond acceptors (Lipinski definition) is 4. The molecule has 8 heteroatoms. The van der Waals surface area contributed by atoms with Gasteiger partial charge in [0.1, 0.15) is 11.4 Å². The van der Waals surface area contributed by atoms with Gasteiger partial charge in [0.05, 0.1) is 25.3 Å². The van der Waals surface area contributed by atoms with Crippen LogP contribution in [0.1, 0.15) is 0 Å². The number of benzene rings is 2. The highest BCUT2D eigenvalue weighted by Crippen LogP contribution is 2.37. The lowest BCUT2D eigenvalue weighted by Gasteiger charge is -2.08. The molecular formula is C20H16FN3O4. The monoisotopic (exact) mass is 381 g/mol. The van der Waals surface area contributed by atoms with Crippen LogP contribution in [0.5, 0.6) is 11.5 Å². The van der Waals surface area contributed by atoms with Crippen LogP contribution >= 0.6 is 0 Å². The molecule has 2 aromatic carbocycles. The van der Waals surface area contributed by atoms with E-state index in [1.54, 1.807) is 37.4 Å². The van der Waals surface area contributed by atoms with E-state index >= 15 is 0 Å². The van der Waals surface area contributed by atoms with Crippen LogP contribution < -0.4 is 20.7 Å². The molecule has 0 saturated heterocycles. The van der Waals surface area contributed by atoms with Crippen LogP contribution in [-0.2, 0) is 0 Å². The first kappa shape index (κ1) is 17.6. The number of methoxy groups -OCH3 is 2. The van der Waals surface area contributed by atoms with Crippen molar-refractivity contribution < 1.29 is 13.9 Å². The second-order valence-corrected chi connectivity index (χ2v) is 6.11. The lowest BCUT2D eigenvalue weighted by molar-refractivity contribution is 0.386. The topological polar surface area (TPSA) is 100.0 Å². The summed E-state index contributed by atoms with van der Waals surface area (Å²) in [7, 11) is 2.94. The molecule has 3 N–H and O–H groups in total. The highest BCUT2D eigenvalue weighted by Gasteiger charge is 2.19. The lowest BCUT2D eigenvalue weighted by atomic mass is 9.99. The molecule has 0 aliphatic heterocycles. The summed E-state index contributed by atoms with van der Waals surface area (Å²) >= 11 is 0. The van der Waals surface area contributed by atoms with Crippen LogP contribution in [0.4, 0.5) is 4.39 Å². The van der Waals surface area contributed by atoms with Gasteiger partial charge in [-0.1, -0.05) is 12.1 Å². The van der Waals surface area contributed by atoms with Gasteiger partial charge < -0.3 is 14.5 Å². The summed E-state index contributed by atoms with van der Waals surface area (Å²) in [6.45, 7) is 0. The Bertz CT molecular complexity index is 1290. The van der Waals surface area contributed by atoms with Gasteiger partial charge in [0, 0.05) is 11.1 Å². The molecule has 0 aliphatic rings. The van der Waals surface area contributed by atoms with Crippen molar-refractivity contribution in [2.24, 2.45) is 0 Å². The van der Waals surface area contributed by atoms with Gasteiger partial charge in [0.25, 0.3) is 5.56 Å². The van der Waals surface area contributed by atoms with E-state index in [2.05, 4.69) is 15.0 Å². The Kier molecular flexibility index (Phi) is 4.23. The fourth-order valence-corrected chi connectivity index (χ4v) is 3.22. The maximum absolute atomic E-state index is 14.3. The first-order chi connectivity index (χ1) is 13.5. The average molecular weight is 381 g/mol. The minimum absolute atomic E-state index is 0.108. The summed E-state index contributed by atoms with van der Waals surface area (Å²) in [6.07, 6.45) is 0. The van der Waals surface area contributed by atoms with Crippen LogP contribution in [0.25, 0.3) is 33.4 Å². The van der Waals surface area contributed by atoms with E-state index in [4.69, 9.17) is 9.47 Å². The molecule has 0 radical (unpaired) electrons. The molecule has 0 fully saturated rings. The number of ether oxygens (including phenoxy) is 2. The molecule has 28 heavy (non-hydrogen) atoms. The Morgan fingerprint density at radius 2 is 1.57 bits per heavy atom.